The van der Waals surface area contributed by atoms with Crippen LogP contribution >= 0.6 is 0 Å². The van der Waals surface area contributed by atoms with Crippen LogP contribution in [0.15, 0.2) is 24.8 Å². The van der Waals surface area contributed by atoms with Crippen LogP contribution in [0.1, 0.15) is 0 Å². The molecule has 2 heterocycles. The van der Waals surface area contributed by atoms with E-state index in [2.05, 4.69) is 20.2 Å². The van der Waals surface area contributed by atoms with Gasteiger partial charge in [0.15, 0.2) is 0 Å². The van der Waals surface area contributed by atoms with Crippen LogP contribution in [-0.2, 0) is 0 Å². The summed E-state index contributed by atoms with van der Waals surface area (Å²) in [7, 11) is 0. The Morgan fingerprint density at radius 3 is 3.20 bits per heavy atom. The smallest absolute Gasteiger partial charge is 0.116 e. The summed E-state index contributed by atoms with van der Waals surface area (Å²) in [5.41, 5.74) is 1.55. The molecule has 0 saturated carbocycles. The van der Waals surface area contributed by atoms with E-state index in [1.165, 1.54) is 6.33 Å². The molecule has 2 aliphatic heterocycles. The molecule has 0 aromatic heterocycles. The Hall–Kier alpha value is -1.58. The Morgan fingerprint density at radius 2 is 2.20 bits per heavy atom. The van der Waals surface area contributed by atoms with E-state index in [9.17, 15) is 0 Å². The molecule has 0 N–H and O–H groups in total. The average Bonchev–Trinajstić information content (AvgIpc) is 2.28. The molecule has 0 radical (unpaired) electrons. The monoisotopic (exact) mass is 132 g/mol. The number of hydrogen-bond acceptors (Lipinski definition) is 4. The molecule has 4 heteroatoms. The maximum Gasteiger partial charge on any atom is 0.116 e. The molecule has 0 bridgehead atoms. The highest BCUT2D eigenvalue weighted by atomic mass is 15.1. The molecule has 10 heavy (non-hydrogen) atoms. The van der Waals surface area contributed by atoms with Crippen LogP contribution < -0.4 is 0 Å². The quantitative estimate of drug-likeness (QED) is 0.519. The highest BCUT2D eigenvalue weighted by molar-refractivity contribution is 5.51. The summed E-state index contributed by atoms with van der Waals surface area (Å²) < 4.78 is 0. The van der Waals surface area contributed by atoms with E-state index in [4.69, 9.17) is 0 Å². The van der Waals surface area contributed by atoms with Crippen LogP contribution in [0.2, 0.25) is 0 Å². The summed E-state index contributed by atoms with van der Waals surface area (Å²) in [6.45, 7) is 0. The van der Waals surface area contributed by atoms with Crippen LogP contribution in [0, 0.1) is 0 Å². The second-order valence-corrected chi connectivity index (χ2v) is 1.82. The van der Waals surface area contributed by atoms with Gasteiger partial charge >= 0.3 is 0 Å². The van der Waals surface area contributed by atoms with Crippen molar-refractivity contribution in [1.82, 2.24) is 20.2 Å². The summed E-state index contributed by atoms with van der Waals surface area (Å²) in [5, 5.41) is 7.50. The predicted molar refractivity (Wildman–Crippen MR) is 34.2 cm³/mol. The molecule has 0 atom stereocenters. The van der Waals surface area contributed by atoms with Gasteiger partial charge in [-0.25, -0.2) is 9.97 Å². The number of aromatic nitrogens is 4. The summed E-state index contributed by atoms with van der Waals surface area (Å²) in [4.78, 5) is 7.79. The van der Waals surface area contributed by atoms with Crippen molar-refractivity contribution in [2.75, 3.05) is 0 Å². The van der Waals surface area contributed by atoms with Crippen molar-refractivity contribution in [1.29, 1.82) is 0 Å². The molecule has 0 aromatic rings. The van der Waals surface area contributed by atoms with E-state index in [1.807, 2.05) is 0 Å². The molecule has 2 rings (SSSR count). The Morgan fingerprint density at radius 1 is 1.20 bits per heavy atom. The highest BCUT2D eigenvalue weighted by Crippen LogP contribution is 2.10. The first-order valence-electron chi connectivity index (χ1n) is 2.84. The van der Waals surface area contributed by atoms with Crippen molar-refractivity contribution in [3.05, 3.63) is 24.8 Å². The lowest BCUT2D eigenvalue weighted by Gasteiger charge is -1.78. The molecular formula is C6H4N4. The molecule has 0 unspecified atom stereocenters. The molecule has 0 spiro atoms. The van der Waals surface area contributed by atoms with Crippen LogP contribution in [-0.4, -0.2) is 20.2 Å². The zero-order chi connectivity index (χ0) is 6.81. The SMILES string of the molecule is c1cc2nncc-2ncn1. The third kappa shape index (κ3) is 0.699. The standard InChI is InChI=1S/C6H4N4/c1-2-7-4-8-6-3-9-10-5(1)6/h1-4H. The van der Waals surface area contributed by atoms with Crippen molar-refractivity contribution in [3.63, 3.8) is 0 Å². The van der Waals surface area contributed by atoms with E-state index in [1.54, 1.807) is 18.5 Å². The third-order valence-electron chi connectivity index (χ3n) is 1.19. The third-order valence-corrected chi connectivity index (χ3v) is 1.19. The van der Waals surface area contributed by atoms with Gasteiger partial charge in [-0.3, -0.25) is 0 Å². The van der Waals surface area contributed by atoms with Gasteiger partial charge in [-0.05, 0) is 6.07 Å². The lowest BCUT2D eigenvalue weighted by atomic mass is 10.3. The van der Waals surface area contributed by atoms with Gasteiger partial charge in [0, 0.05) is 6.20 Å². The average molecular weight is 132 g/mol. The molecule has 0 fully saturated rings. The van der Waals surface area contributed by atoms with Gasteiger partial charge in [0.05, 0.1) is 6.20 Å². The number of hydrogen-bond donors (Lipinski definition) is 0. The van der Waals surface area contributed by atoms with Gasteiger partial charge in [-0.1, -0.05) is 0 Å². The van der Waals surface area contributed by atoms with Gasteiger partial charge in [0.25, 0.3) is 0 Å². The Labute approximate surface area is 57.3 Å². The minimum absolute atomic E-state index is 0.775. The maximum atomic E-state index is 3.97. The van der Waals surface area contributed by atoms with E-state index in [-0.39, 0.29) is 0 Å². The van der Waals surface area contributed by atoms with Gasteiger partial charge in [-0.15, -0.1) is 5.10 Å². The fourth-order valence-corrected chi connectivity index (χ4v) is 0.729. The molecule has 0 amide bonds. The fourth-order valence-electron chi connectivity index (χ4n) is 0.729. The fraction of sp³-hybridized carbons (Fsp3) is 0. The molecule has 2 aliphatic rings. The maximum absolute atomic E-state index is 3.97. The molecule has 4 nitrogen and oxygen atoms in total. The van der Waals surface area contributed by atoms with E-state index < -0.39 is 0 Å². The van der Waals surface area contributed by atoms with E-state index in [0.717, 1.165) is 11.4 Å². The largest absolute Gasteiger partial charge is 0.245 e. The van der Waals surface area contributed by atoms with Crippen LogP contribution in [0.25, 0.3) is 11.4 Å². The molecule has 0 saturated heterocycles. The number of fused-ring (bicyclic) bond motifs is 1. The molecule has 48 valence electrons. The molecule has 0 aromatic carbocycles. The topological polar surface area (TPSA) is 51.6 Å². The molecule has 0 aliphatic carbocycles. The van der Waals surface area contributed by atoms with E-state index in [0.29, 0.717) is 0 Å². The van der Waals surface area contributed by atoms with Crippen LogP contribution in [0.4, 0.5) is 0 Å². The second kappa shape index (κ2) is 1.98. The van der Waals surface area contributed by atoms with Gasteiger partial charge in [0.1, 0.15) is 17.7 Å². The molecular weight excluding hydrogens is 128 g/mol. The first kappa shape index (κ1) is 5.22. The summed E-state index contributed by atoms with van der Waals surface area (Å²) in [5.74, 6) is 0. The van der Waals surface area contributed by atoms with Crippen molar-refractivity contribution in [2.24, 2.45) is 0 Å². The van der Waals surface area contributed by atoms with Crippen molar-refractivity contribution < 1.29 is 0 Å². The lowest BCUT2D eigenvalue weighted by molar-refractivity contribution is 1.10. The Balaban J connectivity index is 2.74. The Kier molecular flexibility index (Phi) is 1.04. The first-order valence-corrected chi connectivity index (χ1v) is 2.84. The normalized spacial score (nSPS) is 10.0. The van der Waals surface area contributed by atoms with Gasteiger partial charge < -0.3 is 0 Å². The lowest BCUT2D eigenvalue weighted by Crippen LogP contribution is -1.71. The van der Waals surface area contributed by atoms with Crippen molar-refractivity contribution in [2.45, 2.75) is 0 Å². The highest BCUT2D eigenvalue weighted by Gasteiger charge is 2.00. The minimum atomic E-state index is 0.775. The van der Waals surface area contributed by atoms with Gasteiger partial charge in [0.2, 0.25) is 0 Å². The van der Waals surface area contributed by atoms with E-state index >= 15 is 0 Å². The summed E-state index contributed by atoms with van der Waals surface area (Å²) >= 11 is 0. The Bertz CT molecular complexity index is 281. The second-order valence-electron chi connectivity index (χ2n) is 1.82. The zero-order valence-electron chi connectivity index (χ0n) is 5.10. The minimum Gasteiger partial charge on any atom is -0.245 e. The first-order chi connectivity index (χ1) is 4.97. The van der Waals surface area contributed by atoms with Crippen molar-refractivity contribution >= 4 is 0 Å². The number of rotatable bonds is 0. The van der Waals surface area contributed by atoms with Gasteiger partial charge in [-0.2, -0.15) is 5.10 Å². The zero-order valence-corrected chi connectivity index (χ0v) is 5.10. The van der Waals surface area contributed by atoms with Crippen molar-refractivity contribution in [3.8, 4) is 11.4 Å². The number of nitrogens with zero attached hydrogens (tertiary/aromatic N) is 4. The predicted octanol–water partition coefficient (Wildman–Crippen LogP) is 0.371. The summed E-state index contributed by atoms with van der Waals surface area (Å²) in [6.07, 6.45) is 4.73. The van der Waals surface area contributed by atoms with Crippen LogP contribution in [0.3, 0.4) is 0 Å². The summed E-state index contributed by atoms with van der Waals surface area (Å²) in [6, 6.07) is 1.77. The van der Waals surface area contributed by atoms with Crippen LogP contribution in [0.5, 0.6) is 0 Å².